The van der Waals surface area contributed by atoms with Crippen molar-refractivity contribution >= 4 is 40.4 Å². The summed E-state index contributed by atoms with van der Waals surface area (Å²) in [6, 6.07) is 5.98. The number of hydrogen-bond donors (Lipinski definition) is 3. The van der Waals surface area contributed by atoms with Crippen molar-refractivity contribution in [1.29, 1.82) is 0 Å². The van der Waals surface area contributed by atoms with Gasteiger partial charge in [-0.3, -0.25) is 24.1 Å². The van der Waals surface area contributed by atoms with Crippen LogP contribution in [0.15, 0.2) is 24.3 Å². The summed E-state index contributed by atoms with van der Waals surface area (Å²) in [5.41, 5.74) is 0.115. The molecule has 3 N–H and O–H groups in total. The molecule has 2 rings (SSSR count). The Morgan fingerprint density at radius 3 is 2.59 bits per heavy atom. The fraction of sp³-hybridized carbons (Fsp3) is 0.231. The van der Waals surface area contributed by atoms with Crippen molar-refractivity contribution in [2.24, 2.45) is 0 Å². The third-order valence-electron chi connectivity index (χ3n) is 2.82. The van der Waals surface area contributed by atoms with Crippen LogP contribution in [0.1, 0.15) is 0 Å². The molecule has 0 atom stereocenters. The van der Waals surface area contributed by atoms with Gasteiger partial charge in [-0.1, -0.05) is 23.9 Å². The number of anilines is 1. The standard InChI is InChI=1S/C13H13N3O5S/c17-9-4-2-1-3-8(9)15-12(20)11(19)14-5-6-16-10(18)7-22-13(16)21/h1-4,17H,5-7H2,(H,14,19)(H,15,20). The maximum Gasteiger partial charge on any atom is 0.313 e. The van der Waals surface area contributed by atoms with Crippen molar-refractivity contribution in [2.75, 3.05) is 24.2 Å². The Morgan fingerprint density at radius 1 is 1.23 bits per heavy atom. The molecule has 8 nitrogen and oxygen atoms in total. The Morgan fingerprint density at radius 2 is 1.95 bits per heavy atom. The summed E-state index contributed by atoms with van der Waals surface area (Å²) < 4.78 is 0. The summed E-state index contributed by atoms with van der Waals surface area (Å²) in [5.74, 6) is -2.25. The van der Waals surface area contributed by atoms with E-state index in [4.69, 9.17) is 0 Å². The zero-order chi connectivity index (χ0) is 16.1. The molecule has 0 radical (unpaired) electrons. The first-order valence-electron chi connectivity index (χ1n) is 6.33. The predicted octanol–water partition coefficient (Wildman–Crippen LogP) is 0.142. The molecule has 0 bridgehead atoms. The van der Waals surface area contributed by atoms with Gasteiger partial charge in [0.15, 0.2) is 0 Å². The lowest BCUT2D eigenvalue weighted by Crippen LogP contribution is -2.41. The van der Waals surface area contributed by atoms with Crippen molar-refractivity contribution in [3.63, 3.8) is 0 Å². The van der Waals surface area contributed by atoms with Crippen LogP contribution in [0.5, 0.6) is 5.75 Å². The van der Waals surface area contributed by atoms with E-state index in [1.165, 1.54) is 12.1 Å². The highest BCUT2D eigenvalue weighted by atomic mass is 32.2. The summed E-state index contributed by atoms with van der Waals surface area (Å²) in [5, 5.41) is 13.7. The lowest BCUT2D eigenvalue weighted by Gasteiger charge is -2.13. The minimum absolute atomic E-state index is 0.0142. The predicted molar refractivity (Wildman–Crippen MR) is 79.3 cm³/mol. The molecule has 0 aromatic heterocycles. The zero-order valence-corrected chi connectivity index (χ0v) is 12.2. The van der Waals surface area contributed by atoms with Crippen molar-refractivity contribution in [3.8, 4) is 5.75 Å². The molecule has 9 heteroatoms. The topological polar surface area (TPSA) is 116 Å². The van der Waals surface area contributed by atoms with E-state index in [0.717, 1.165) is 16.7 Å². The molecule has 0 spiro atoms. The van der Waals surface area contributed by atoms with Gasteiger partial charge in [-0.05, 0) is 12.1 Å². The van der Waals surface area contributed by atoms with Gasteiger partial charge in [-0.25, -0.2) is 0 Å². The maximum absolute atomic E-state index is 11.6. The number of para-hydroxylation sites is 2. The van der Waals surface area contributed by atoms with Crippen LogP contribution in [0, 0.1) is 0 Å². The first-order valence-corrected chi connectivity index (χ1v) is 7.32. The second kappa shape index (κ2) is 6.94. The summed E-state index contributed by atoms with van der Waals surface area (Å²) in [4.78, 5) is 46.9. The van der Waals surface area contributed by atoms with Crippen LogP contribution >= 0.6 is 11.8 Å². The Labute approximate surface area is 129 Å². The van der Waals surface area contributed by atoms with Gasteiger partial charge >= 0.3 is 11.8 Å². The largest absolute Gasteiger partial charge is 0.506 e. The molecule has 0 saturated carbocycles. The molecular formula is C13H13N3O5S. The van der Waals surface area contributed by atoms with Crippen LogP contribution in [0.3, 0.4) is 0 Å². The van der Waals surface area contributed by atoms with Gasteiger partial charge in [-0.15, -0.1) is 0 Å². The fourth-order valence-corrected chi connectivity index (χ4v) is 2.47. The number of carbonyl (C=O) groups excluding carboxylic acids is 4. The number of carbonyl (C=O) groups is 4. The van der Waals surface area contributed by atoms with Crippen LogP contribution in [0.2, 0.25) is 0 Å². The molecular weight excluding hydrogens is 310 g/mol. The molecule has 1 saturated heterocycles. The van der Waals surface area contributed by atoms with E-state index in [0.29, 0.717) is 0 Å². The van der Waals surface area contributed by atoms with Crippen molar-refractivity contribution in [2.45, 2.75) is 0 Å². The van der Waals surface area contributed by atoms with E-state index >= 15 is 0 Å². The Kier molecular flexibility index (Phi) is 4.99. The van der Waals surface area contributed by atoms with E-state index in [-0.39, 0.29) is 41.4 Å². The highest BCUT2D eigenvalue weighted by Crippen LogP contribution is 2.21. The van der Waals surface area contributed by atoms with Crippen LogP contribution in [-0.2, 0) is 14.4 Å². The number of rotatable bonds is 4. The third kappa shape index (κ3) is 3.76. The summed E-state index contributed by atoms with van der Waals surface area (Å²) in [6.45, 7) is -0.00859. The number of imide groups is 1. The van der Waals surface area contributed by atoms with E-state index in [2.05, 4.69) is 10.6 Å². The van der Waals surface area contributed by atoms with Crippen LogP contribution < -0.4 is 10.6 Å². The SMILES string of the molecule is O=C(NCCN1C(=O)CSC1=O)C(=O)Nc1ccccc1O. The number of phenolic OH excluding ortho intramolecular Hbond substituents is 1. The minimum Gasteiger partial charge on any atom is -0.506 e. The lowest BCUT2D eigenvalue weighted by atomic mass is 10.3. The van der Waals surface area contributed by atoms with Gasteiger partial charge in [0.25, 0.3) is 5.24 Å². The first-order chi connectivity index (χ1) is 10.5. The van der Waals surface area contributed by atoms with E-state index in [9.17, 15) is 24.3 Å². The van der Waals surface area contributed by atoms with Crippen molar-refractivity contribution in [1.82, 2.24) is 10.2 Å². The summed E-state index contributed by atoms with van der Waals surface area (Å²) in [7, 11) is 0. The number of nitrogens with zero attached hydrogens (tertiary/aromatic N) is 1. The quantitative estimate of drug-likeness (QED) is 0.536. The van der Waals surface area contributed by atoms with E-state index < -0.39 is 11.8 Å². The third-order valence-corrected chi connectivity index (χ3v) is 3.68. The van der Waals surface area contributed by atoms with Crippen molar-refractivity contribution < 1.29 is 24.3 Å². The normalized spacial score (nSPS) is 14.1. The van der Waals surface area contributed by atoms with E-state index in [1.54, 1.807) is 12.1 Å². The Hall–Kier alpha value is -2.55. The minimum atomic E-state index is -0.949. The number of aromatic hydroxyl groups is 1. The lowest BCUT2D eigenvalue weighted by molar-refractivity contribution is -0.136. The van der Waals surface area contributed by atoms with Gasteiger partial charge in [0.2, 0.25) is 5.91 Å². The molecule has 22 heavy (non-hydrogen) atoms. The molecule has 1 fully saturated rings. The monoisotopic (exact) mass is 323 g/mol. The molecule has 0 aliphatic carbocycles. The molecule has 116 valence electrons. The highest BCUT2D eigenvalue weighted by molar-refractivity contribution is 8.14. The molecule has 1 aromatic rings. The molecule has 1 aromatic carbocycles. The van der Waals surface area contributed by atoms with Crippen LogP contribution in [0.25, 0.3) is 0 Å². The first kappa shape index (κ1) is 15.8. The molecule has 1 aliphatic rings. The van der Waals surface area contributed by atoms with Gasteiger partial charge in [0.1, 0.15) is 5.75 Å². The van der Waals surface area contributed by atoms with Gasteiger partial charge in [0.05, 0.1) is 11.4 Å². The number of benzene rings is 1. The summed E-state index contributed by atoms with van der Waals surface area (Å²) >= 11 is 0.900. The number of phenols is 1. The second-order valence-electron chi connectivity index (χ2n) is 4.33. The molecule has 1 heterocycles. The van der Waals surface area contributed by atoms with Gasteiger partial charge in [0, 0.05) is 13.1 Å². The zero-order valence-electron chi connectivity index (χ0n) is 11.4. The average Bonchev–Trinajstić information content (AvgIpc) is 2.81. The molecule has 0 unspecified atom stereocenters. The molecule has 4 amide bonds. The maximum atomic E-state index is 11.6. The van der Waals surface area contributed by atoms with Gasteiger partial charge in [-0.2, -0.15) is 0 Å². The number of hydrogen-bond acceptors (Lipinski definition) is 6. The van der Waals surface area contributed by atoms with Crippen molar-refractivity contribution in [3.05, 3.63) is 24.3 Å². The number of amides is 4. The second-order valence-corrected chi connectivity index (χ2v) is 5.25. The Balaban J connectivity index is 1.80. The fourth-order valence-electron chi connectivity index (χ4n) is 1.72. The smallest absolute Gasteiger partial charge is 0.313 e. The highest BCUT2D eigenvalue weighted by Gasteiger charge is 2.29. The Bertz CT molecular complexity index is 618. The van der Waals surface area contributed by atoms with Crippen LogP contribution in [0.4, 0.5) is 10.5 Å². The van der Waals surface area contributed by atoms with Crippen LogP contribution in [-0.4, -0.2) is 51.8 Å². The number of thioether (sulfide) groups is 1. The van der Waals surface area contributed by atoms with Gasteiger partial charge < -0.3 is 15.7 Å². The molecule has 1 aliphatic heterocycles. The van der Waals surface area contributed by atoms with E-state index in [1.807, 2.05) is 0 Å². The summed E-state index contributed by atoms with van der Waals surface area (Å²) in [6.07, 6.45) is 0. The number of nitrogens with one attached hydrogen (secondary N) is 2. The average molecular weight is 323 g/mol.